The van der Waals surface area contributed by atoms with E-state index in [9.17, 15) is 4.79 Å². The van der Waals surface area contributed by atoms with Crippen molar-refractivity contribution in [3.8, 4) is 6.07 Å². The van der Waals surface area contributed by atoms with Crippen LogP contribution < -0.4 is 0 Å². The molecule has 13 heavy (non-hydrogen) atoms. The number of carbonyl (C=O) groups excluding carboxylic acids is 1. The minimum atomic E-state index is -0.139. The highest BCUT2D eigenvalue weighted by Crippen LogP contribution is 2.31. The lowest BCUT2D eigenvalue weighted by atomic mass is 10.2. The number of thioether (sulfide) groups is 2. The van der Waals surface area contributed by atoms with E-state index in [1.165, 1.54) is 6.92 Å². The van der Waals surface area contributed by atoms with Gasteiger partial charge in [0.1, 0.15) is 11.6 Å². The van der Waals surface area contributed by atoms with Gasteiger partial charge < -0.3 is 0 Å². The van der Waals surface area contributed by atoms with Gasteiger partial charge in [0.15, 0.2) is 5.78 Å². The first kappa shape index (κ1) is 12.6. The average molecular weight is 215 g/mol. The number of nitrogens with zero attached hydrogens (tertiary/aromatic N) is 1. The zero-order valence-electron chi connectivity index (χ0n) is 8.09. The molecule has 0 amide bonds. The van der Waals surface area contributed by atoms with Crippen LogP contribution in [0.2, 0.25) is 0 Å². The summed E-state index contributed by atoms with van der Waals surface area (Å²) >= 11 is 3.12. The lowest BCUT2D eigenvalue weighted by Gasteiger charge is -2.04. The van der Waals surface area contributed by atoms with Crippen molar-refractivity contribution in [2.75, 3.05) is 11.5 Å². The molecule has 0 rings (SSSR count). The summed E-state index contributed by atoms with van der Waals surface area (Å²) in [6.45, 7) is 5.46. The molecule has 0 bridgehead atoms. The van der Waals surface area contributed by atoms with Gasteiger partial charge in [-0.15, -0.1) is 23.5 Å². The summed E-state index contributed by atoms with van der Waals surface area (Å²) in [5.74, 6) is 1.64. The molecule has 0 N–H and O–H groups in total. The van der Waals surface area contributed by atoms with E-state index in [1.54, 1.807) is 23.5 Å². The number of allylic oxidation sites excluding steroid dienone is 1. The highest BCUT2D eigenvalue weighted by atomic mass is 32.2. The molecule has 0 saturated carbocycles. The minimum Gasteiger partial charge on any atom is -0.294 e. The molecular formula is C9H13NOS2. The zero-order valence-corrected chi connectivity index (χ0v) is 9.72. The normalized spacial score (nSPS) is 9.08. The van der Waals surface area contributed by atoms with E-state index in [2.05, 4.69) is 0 Å². The van der Waals surface area contributed by atoms with Crippen molar-refractivity contribution in [2.24, 2.45) is 0 Å². The van der Waals surface area contributed by atoms with Gasteiger partial charge in [0.05, 0.1) is 4.24 Å². The number of hydrogen-bond donors (Lipinski definition) is 0. The fourth-order valence-electron chi connectivity index (χ4n) is 0.716. The molecule has 4 heteroatoms. The van der Waals surface area contributed by atoms with Crippen LogP contribution in [0.15, 0.2) is 9.81 Å². The number of ketones is 1. The van der Waals surface area contributed by atoms with Gasteiger partial charge in [0.2, 0.25) is 0 Å². The number of hydrogen-bond acceptors (Lipinski definition) is 4. The summed E-state index contributed by atoms with van der Waals surface area (Å²) in [5, 5.41) is 8.76. The Morgan fingerprint density at radius 2 is 1.77 bits per heavy atom. The van der Waals surface area contributed by atoms with E-state index in [0.717, 1.165) is 15.7 Å². The van der Waals surface area contributed by atoms with Gasteiger partial charge in [-0.05, 0) is 18.4 Å². The molecule has 0 aliphatic rings. The summed E-state index contributed by atoms with van der Waals surface area (Å²) < 4.78 is 0.861. The van der Waals surface area contributed by atoms with E-state index >= 15 is 0 Å². The maximum atomic E-state index is 11.1. The Morgan fingerprint density at radius 1 is 1.31 bits per heavy atom. The maximum absolute atomic E-state index is 11.1. The van der Waals surface area contributed by atoms with Gasteiger partial charge in [0, 0.05) is 0 Å². The second-order valence-corrected chi connectivity index (χ2v) is 5.00. The van der Waals surface area contributed by atoms with Gasteiger partial charge in [-0.1, -0.05) is 13.8 Å². The molecule has 2 nitrogen and oxygen atoms in total. The van der Waals surface area contributed by atoms with Crippen molar-refractivity contribution < 1.29 is 4.79 Å². The predicted molar refractivity (Wildman–Crippen MR) is 59.6 cm³/mol. The monoisotopic (exact) mass is 215 g/mol. The van der Waals surface area contributed by atoms with Crippen LogP contribution in [0.3, 0.4) is 0 Å². The molecule has 0 spiro atoms. The number of carbonyl (C=O) groups is 1. The SMILES string of the molecule is CCSC(SCC)=C(C#N)C(C)=O. The fourth-order valence-corrected chi connectivity index (χ4v) is 2.95. The maximum Gasteiger partial charge on any atom is 0.171 e. The second-order valence-electron chi connectivity index (χ2n) is 2.20. The first-order valence-corrected chi connectivity index (χ1v) is 6.05. The van der Waals surface area contributed by atoms with Crippen molar-refractivity contribution >= 4 is 29.3 Å². The van der Waals surface area contributed by atoms with Crippen LogP contribution in [0.25, 0.3) is 0 Å². The van der Waals surface area contributed by atoms with Crippen molar-refractivity contribution in [1.29, 1.82) is 5.26 Å². The van der Waals surface area contributed by atoms with Crippen molar-refractivity contribution in [2.45, 2.75) is 20.8 Å². The van der Waals surface area contributed by atoms with Gasteiger partial charge in [-0.25, -0.2) is 0 Å². The van der Waals surface area contributed by atoms with Crippen LogP contribution >= 0.6 is 23.5 Å². The van der Waals surface area contributed by atoms with E-state index in [1.807, 2.05) is 19.9 Å². The topological polar surface area (TPSA) is 40.9 Å². The Hall–Kier alpha value is -0.400. The smallest absolute Gasteiger partial charge is 0.171 e. The summed E-state index contributed by atoms with van der Waals surface area (Å²) in [6, 6.07) is 1.96. The van der Waals surface area contributed by atoms with Crippen LogP contribution in [0.4, 0.5) is 0 Å². The van der Waals surface area contributed by atoms with Gasteiger partial charge >= 0.3 is 0 Å². The summed E-state index contributed by atoms with van der Waals surface area (Å²) in [4.78, 5) is 11.1. The van der Waals surface area contributed by atoms with E-state index in [-0.39, 0.29) is 5.78 Å². The standard InChI is InChI=1S/C9H13NOS2/c1-4-12-9(13-5-2)8(6-10)7(3)11/h4-5H2,1-3H3. The van der Waals surface area contributed by atoms with Crippen molar-refractivity contribution in [3.63, 3.8) is 0 Å². The Bertz CT molecular complexity index is 245. The molecule has 0 fully saturated rings. The highest BCUT2D eigenvalue weighted by molar-refractivity contribution is 8.22. The fraction of sp³-hybridized carbons (Fsp3) is 0.556. The van der Waals surface area contributed by atoms with Crippen LogP contribution in [-0.2, 0) is 4.79 Å². The second kappa shape index (κ2) is 7.05. The highest BCUT2D eigenvalue weighted by Gasteiger charge is 2.10. The van der Waals surface area contributed by atoms with Gasteiger partial charge in [0.25, 0.3) is 0 Å². The number of Topliss-reactive ketones (excluding diaryl/α,β-unsaturated/α-hetero) is 1. The Labute approximate surface area is 87.8 Å². The molecule has 0 radical (unpaired) electrons. The molecule has 0 aliphatic carbocycles. The third kappa shape index (κ3) is 4.39. The van der Waals surface area contributed by atoms with E-state index < -0.39 is 0 Å². The summed E-state index contributed by atoms with van der Waals surface area (Å²) in [6.07, 6.45) is 0. The molecule has 0 atom stereocenters. The minimum absolute atomic E-state index is 0.139. The molecule has 0 aliphatic heterocycles. The Balaban J connectivity index is 4.79. The van der Waals surface area contributed by atoms with Crippen molar-refractivity contribution in [3.05, 3.63) is 9.81 Å². The average Bonchev–Trinajstić information content (AvgIpc) is 2.05. The quantitative estimate of drug-likeness (QED) is 0.522. The number of nitriles is 1. The lowest BCUT2D eigenvalue weighted by molar-refractivity contribution is -0.113. The van der Waals surface area contributed by atoms with E-state index in [4.69, 9.17) is 5.26 Å². The van der Waals surface area contributed by atoms with Crippen LogP contribution in [0.5, 0.6) is 0 Å². The molecule has 0 aromatic heterocycles. The largest absolute Gasteiger partial charge is 0.294 e. The van der Waals surface area contributed by atoms with Gasteiger partial charge in [-0.2, -0.15) is 5.26 Å². The number of rotatable bonds is 5. The lowest BCUT2D eigenvalue weighted by Crippen LogP contribution is -1.96. The van der Waals surface area contributed by atoms with Crippen LogP contribution in [0.1, 0.15) is 20.8 Å². The third-order valence-corrected chi connectivity index (χ3v) is 3.44. The summed E-state index contributed by atoms with van der Waals surface area (Å²) in [7, 11) is 0. The molecular weight excluding hydrogens is 202 g/mol. The predicted octanol–water partition coefficient (Wildman–Crippen LogP) is 2.82. The Kier molecular flexibility index (Phi) is 6.83. The van der Waals surface area contributed by atoms with Crippen LogP contribution in [-0.4, -0.2) is 17.3 Å². The van der Waals surface area contributed by atoms with Crippen molar-refractivity contribution in [1.82, 2.24) is 0 Å². The molecule has 0 unspecified atom stereocenters. The van der Waals surface area contributed by atoms with Gasteiger partial charge in [-0.3, -0.25) is 4.79 Å². The summed E-state index contributed by atoms with van der Waals surface area (Å²) in [5.41, 5.74) is 0.304. The molecule has 0 aromatic rings. The molecule has 0 aromatic carbocycles. The first-order valence-electron chi connectivity index (χ1n) is 4.08. The zero-order chi connectivity index (χ0) is 10.3. The third-order valence-electron chi connectivity index (χ3n) is 1.22. The van der Waals surface area contributed by atoms with Crippen LogP contribution in [0, 0.1) is 11.3 Å². The molecule has 72 valence electrons. The Morgan fingerprint density at radius 3 is 2.00 bits per heavy atom. The first-order chi connectivity index (χ1) is 6.17. The molecule has 0 saturated heterocycles. The van der Waals surface area contributed by atoms with E-state index in [0.29, 0.717) is 5.57 Å². The molecule has 0 heterocycles.